The van der Waals surface area contributed by atoms with Gasteiger partial charge in [0.15, 0.2) is 0 Å². The van der Waals surface area contributed by atoms with Crippen molar-refractivity contribution in [2.45, 2.75) is 17.7 Å². The fourth-order valence-electron chi connectivity index (χ4n) is 1.38. The topological polar surface area (TPSA) is 59.1 Å². The van der Waals surface area contributed by atoms with Crippen molar-refractivity contribution in [1.82, 2.24) is 9.71 Å². The number of hydrogen-bond donors (Lipinski definition) is 1. The molecule has 0 bridgehead atoms. The van der Waals surface area contributed by atoms with E-state index in [1.54, 1.807) is 12.4 Å². The molecule has 0 atom stereocenters. The highest BCUT2D eigenvalue weighted by Crippen LogP contribution is 2.34. The summed E-state index contributed by atoms with van der Waals surface area (Å²) in [4.78, 5) is 3.98. The Labute approximate surface area is 129 Å². The van der Waals surface area contributed by atoms with E-state index in [1.165, 1.54) is 6.07 Å². The standard InChI is InChI=1S/C11H10BrClN2O2S2/c1-7-2-3-14-5-8(7)6-15-19(16,17)10-4-9(13)11(12)18-10/h2-5,15H,6H2,1H3. The molecule has 1 N–H and O–H groups in total. The molecule has 0 unspecified atom stereocenters. The Morgan fingerprint density at radius 2 is 2.26 bits per heavy atom. The summed E-state index contributed by atoms with van der Waals surface area (Å²) in [5, 5.41) is 0.392. The molecule has 4 nitrogen and oxygen atoms in total. The Morgan fingerprint density at radius 3 is 2.84 bits per heavy atom. The number of nitrogens with zero attached hydrogens (tertiary/aromatic N) is 1. The molecule has 0 saturated carbocycles. The van der Waals surface area contributed by atoms with Crippen molar-refractivity contribution >= 4 is 48.9 Å². The molecule has 0 spiro atoms. The molecule has 0 aliphatic rings. The number of hydrogen-bond acceptors (Lipinski definition) is 4. The van der Waals surface area contributed by atoms with Crippen molar-refractivity contribution < 1.29 is 8.42 Å². The largest absolute Gasteiger partial charge is 0.264 e. The van der Waals surface area contributed by atoms with E-state index in [2.05, 4.69) is 25.6 Å². The third-order valence-electron chi connectivity index (χ3n) is 2.49. The molecule has 0 radical (unpaired) electrons. The van der Waals surface area contributed by atoms with Gasteiger partial charge in [0, 0.05) is 18.9 Å². The molecule has 102 valence electrons. The average Bonchev–Trinajstić information content (AvgIpc) is 2.70. The lowest BCUT2D eigenvalue weighted by molar-refractivity contribution is 0.583. The van der Waals surface area contributed by atoms with Gasteiger partial charge in [-0.3, -0.25) is 4.98 Å². The van der Waals surface area contributed by atoms with E-state index in [1.807, 2.05) is 13.0 Å². The van der Waals surface area contributed by atoms with Crippen LogP contribution in [-0.2, 0) is 16.6 Å². The van der Waals surface area contributed by atoms with Crippen LogP contribution in [0.25, 0.3) is 0 Å². The molecule has 0 aromatic carbocycles. The number of aryl methyl sites for hydroxylation is 1. The highest BCUT2D eigenvalue weighted by atomic mass is 79.9. The fourth-order valence-corrected chi connectivity index (χ4v) is 4.83. The first-order valence-corrected chi connectivity index (χ1v) is 8.71. The van der Waals surface area contributed by atoms with Crippen LogP contribution in [0, 0.1) is 6.92 Å². The summed E-state index contributed by atoms with van der Waals surface area (Å²) in [7, 11) is -3.55. The van der Waals surface area contributed by atoms with Crippen LogP contribution in [0.1, 0.15) is 11.1 Å². The summed E-state index contributed by atoms with van der Waals surface area (Å²) >= 11 is 10.1. The normalized spacial score (nSPS) is 11.7. The molecule has 0 saturated heterocycles. The number of aromatic nitrogens is 1. The van der Waals surface area contributed by atoms with E-state index in [4.69, 9.17) is 11.6 Å². The Hall–Kier alpha value is -0.470. The van der Waals surface area contributed by atoms with Crippen LogP contribution in [0.5, 0.6) is 0 Å². The van der Waals surface area contributed by atoms with E-state index in [-0.39, 0.29) is 10.8 Å². The maximum Gasteiger partial charge on any atom is 0.250 e. The van der Waals surface area contributed by atoms with Crippen LogP contribution in [-0.4, -0.2) is 13.4 Å². The number of thiophene rings is 1. The van der Waals surface area contributed by atoms with Gasteiger partial charge in [0.1, 0.15) is 4.21 Å². The zero-order valence-electron chi connectivity index (χ0n) is 9.85. The monoisotopic (exact) mass is 380 g/mol. The van der Waals surface area contributed by atoms with Gasteiger partial charge >= 0.3 is 0 Å². The SMILES string of the molecule is Cc1ccncc1CNS(=O)(=O)c1cc(Cl)c(Br)s1. The highest BCUT2D eigenvalue weighted by Gasteiger charge is 2.18. The Morgan fingerprint density at radius 1 is 1.53 bits per heavy atom. The van der Waals surface area contributed by atoms with Crippen LogP contribution in [0.3, 0.4) is 0 Å². The van der Waals surface area contributed by atoms with Crippen LogP contribution < -0.4 is 4.72 Å². The third-order valence-corrected chi connectivity index (χ3v) is 6.84. The van der Waals surface area contributed by atoms with Crippen LogP contribution >= 0.6 is 38.9 Å². The molecule has 2 heterocycles. The fraction of sp³-hybridized carbons (Fsp3) is 0.182. The lowest BCUT2D eigenvalue weighted by Crippen LogP contribution is -2.22. The summed E-state index contributed by atoms with van der Waals surface area (Å²) in [6.45, 7) is 2.11. The first-order chi connectivity index (χ1) is 8.90. The smallest absolute Gasteiger partial charge is 0.250 e. The molecule has 2 rings (SSSR count). The summed E-state index contributed by atoms with van der Waals surface area (Å²) < 4.78 is 27.5. The number of sulfonamides is 1. The molecule has 0 aliphatic heterocycles. The van der Waals surface area contributed by atoms with Gasteiger partial charge in [0.25, 0.3) is 0 Å². The Bertz CT molecular complexity index is 681. The van der Waals surface area contributed by atoms with Gasteiger partial charge in [0.05, 0.1) is 8.81 Å². The van der Waals surface area contributed by atoms with Crippen LogP contribution in [0.2, 0.25) is 5.02 Å². The molecule has 2 aromatic rings. The maximum absolute atomic E-state index is 12.1. The second-order valence-corrected chi connectivity index (χ2v) is 8.58. The van der Waals surface area contributed by atoms with E-state index in [0.717, 1.165) is 22.5 Å². The van der Waals surface area contributed by atoms with E-state index in [9.17, 15) is 8.42 Å². The molecule has 0 aliphatic carbocycles. The molecule has 0 fully saturated rings. The minimum atomic E-state index is -3.55. The van der Waals surface area contributed by atoms with E-state index < -0.39 is 10.0 Å². The Balaban J connectivity index is 2.17. The predicted molar refractivity (Wildman–Crippen MR) is 80.0 cm³/mol. The maximum atomic E-state index is 12.1. The lowest BCUT2D eigenvalue weighted by Gasteiger charge is -2.06. The minimum Gasteiger partial charge on any atom is -0.264 e. The van der Waals surface area contributed by atoms with Gasteiger partial charge in [-0.15, -0.1) is 11.3 Å². The summed E-state index contributed by atoms with van der Waals surface area (Å²) in [5.41, 5.74) is 1.83. The first kappa shape index (κ1) is 14.9. The summed E-state index contributed by atoms with van der Waals surface area (Å²) in [6, 6.07) is 3.26. The van der Waals surface area contributed by atoms with Crippen LogP contribution in [0.4, 0.5) is 0 Å². The molecule has 2 aromatic heterocycles. The zero-order chi connectivity index (χ0) is 14.0. The second kappa shape index (κ2) is 5.88. The van der Waals surface area contributed by atoms with Gasteiger partial charge in [-0.2, -0.15) is 0 Å². The number of rotatable bonds is 4. The van der Waals surface area contributed by atoms with Gasteiger partial charge in [-0.05, 0) is 46.1 Å². The van der Waals surface area contributed by atoms with Crippen molar-refractivity contribution in [3.05, 3.63) is 44.5 Å². The summed E-state index contributed by atoms with van der Waals surface area (Å²) in [5.74, 6) is 0. The van der Waals surface area contributed by atoms with Gasteiger partial charge < -0.3 is 0 Å². The summed E-state index contributed by atoms with van der Waals surface area (Å²) in [6.07, 6.45) is 3.32. The van der Waals surface area contributed by atoms with Crippen LogP contribution in [0.15, 0.2) is 32.5 Å². The van der Waals surface area contributed by atoms with Gasteiger partial charge in [-0.1, -0.05) is 11.6 Å². The van der Waals surface area contributed by atoms with Gasteiger partial charge in [-0.25, -0.2) is 13.1 Å². The second-order valence-electron chi connectivity index (χ2n) is 3.81. The van der Waals surface area contributed by atoms with Crippen molar-refractivity contribution in [3.8, 4) is 0 Å². The number of pyridine rings is 1. The first-order valence-electron chi connectivity index (χ1n) is 5.24. The van der Waals surface area contributed by atoms with E-state index in [0.29, 0.717) is 8.81 Å². The van der Waals surface area contributed by atoms with Crippen molar-refractivity contribution in [2.75, 3.05) is 0 Å². The lowest BCUT2D eigenvalue weighted by atomic mass is 10.2. The number of halogens is 2. The molecule has 19 heavy (non-hydrogen) atoms. The predicted octanol–water partition coefficient (Wildman–Crippen LogP) is 3.35. The number of nitrogens with one attached hydrogen (secondary N) is 1. The molecular formula is C11H10BrClN2O2S2. The average molecular weight is 382 g/mol. The zero-order valence-corrected chi connectivity index (χ0v) is 13.8. The van der Waals surface area contributed by atoms with E-state index >= 15 is 0 Å². The molecular weight excluding hydrogens is 372 g/mol. The highest BCUT2D eigenvalue weighted by molar-refractivity contribution is 9.11. The van der Waals surface area contributed by atoms with Crippen molar-refractivity contribution in [1.29, 1.82) is 0 Å². The Kier molecular flexibility index (Phi) is 4.62. The molecule has 0 amide bonds. The third kappa shape index (κ3) is 3.55. The quantitative estimate of drug-likeness (QED) is 0.883. The molecule has 8 heteroatoms. The van der Waals surface area contributed by atoms with Crippen molar-refractivity contribution in [2.24, 2.45) is 0 Å². The van der Waals surface area contributed by atoms with Crippen molar-refractivity contribution in [3.63, 3.8) is 0 Å². The van der Waals surface area contributed by atoms with Gasteiger partial charge in [0.2, 0.25) is 10.0 Å². The minimum absolute atomic E-state index is 0.186.